The first kappa shape index (κ1) is 16.9. The minimum Gasteiger partial charge on any atom is -0.445 e. The SMILES string of the molecule is O=C(OCc1ccccc1)N1C2C=C(c3cnc4cnccn34)CC1COC2. The van der Waals surface area contributed by atoms with Gasteiger partial charge in [-0.3, -0.25) is 14.3 Å². The third kappa shape index (κ3) is 3.03. The van der Waals surface area contributed by atoms with Crippen molar-refractivity contribution >= 4 is 17.3 Å². The number of benzene rings is 1. The van der Waals surface area contributed by atoms with Gasteiger partial charge >= 0.3 is 6.09 Å². The molecule has 3 aromatic rings. The highest BCUT2D eigenvalue weighted by Gasteiger charge is 2.39. The Morgan fingerprint density at radius 2 is 2.11 bits per heavy atom. The first-order chi connectivity index (χ1) is 13.8. The number of rotatable bonds is 3. The van der Waals surface area contributed by atoms with E-state index in [0.29, 0.717) is 19.6 Å². The van der Waals surface area contributed by atoms with Gasteiger partial charge in [0.15, 0.2) is 5.65 Å². The zero-order chi connectivity index (χ0) is 18.9. The molecule has 0 spiro atoms. The standard InChI is InChI=1S/C21H20N4O3/c26-21(28-12-15-4-2-1-3-5-15)25-17-8-16(9-18(25)14-27-13-17)19-10-23-20-11-22-6-7-24(19)20/h1-8,10-11,17-18H,9,12-14H2. The summed E-state index contributed by atoms with van der Waals surface area (Å²) in [6.07, 6.45) is 9.77. The van der Waals surface area contributed by atoms with Crippen LogP contribution in [-0.4, -0.2) is 50.7 Å². The van der Waals surface area contributed by atoms with Crippen molar-refractivity contribution in [3.8, 4) is 0 Å². The topological polar surface area (TPSA) is 69.0 Å². The Labute approximate surface area is 162 Å². The molecule has 0 radical (unpaired) electrons. The lowest BCUT2D eigenvalue weighted by Crippen LogP contribution is -2.56. The molecule has 142 valence electrons. The molecule has 1 amide bonds. The molecule has 2 atom stereocenters. The lowest BCUT2D eigenvalue weighted by molar-refractivity contribution is -0.0342. The second-order valence-corrected chi connectivity index (χ2v) is 7.05. The van der Waals surface area contributed by atoms with E-state index in [0.717, 1.165) is 16.9 Å². The lowest BCUT2D eigenvalue weighted by atomic mass is 9.93. The zero-order valence-electron chi connectivity index (χ0n) is 15.3. The number of carbonyl (C=O) groups is 1. The highest BCUT2D eigenvalue weighted by Crippen LogP contribution is 2.33. The number of morpholine rings is 1. The molecule has 1 fully saturated rings. The van der Waals surface area contributed by atoms with E-state index in [1.807, 2.05) is 52.0 Å². The fourth-order valence-electron chi connectivity index (χ4n) is 3.94. The van der Waals surface area contributed by atoms with Crippen LogP contribution in [0.3, 0.4) is 0 Å². The highest BCUT2D eigenvalue weighted by atomic mass is 16.6. The largest absolute Gasteiger partial charge is 0.445 e. The number of carbonyl (C=O) groups excluding carboxylic acids is 1. The van der Waals surface area contributed by atoms with Gasteiger partial charge < -0.3 is 9.47 Å². The normalized spacial score (nSPS) is 21.4. The second-order valence-electron chi connectivity index (χ2n) is 7.05. The van der Waals surface area contributed by atoms with Crippen LogP contribution in [-0.2, 0) is 16.1 Å². The summed E-state index contributed by atoms with van der Waals surface area (Å²) in [6, 6.07) is 9.53. The Bertz CT molecular complexity index is 1030. The van der Waals surface area contributed by atoms with Gasteiger partial charge in [0.05, 0.1) is 43.4 Å². The molecule has 7 nitrogen and oxygen atoms in total. The number of ether oxygens (including phenoxy) is 2. The summed E-state index contributed by atoms with van der Waals surface area (Å²) in [5.74, 6) is 0. The molecular weight excluding hydrogens is 356 g/mol. The monoisotopic (exact) mass is 376 g/mol. The Balaban J connectivity index is 1.38. The molecule has 7 heteroatoms. The van der Waals surface area contributed by atoms with Crippen molar-refractivity contribution in [2.45, 2.75) is 25.1 Å². The third-order valence-corrected chi connectivity index (χ3v) is 5.26. The Morgan fingerprint density at radius 3 is 2.96 bits per heavy atom. The minimum absolute atomic E-state index is 0.0468. The molecule has 0 aliphatic carbocycles. The lowest BCUT2D eigenvalue weighted by Gasteiger charge is -2.43. The summed E-state index contributed by atoms with van der Waals surface area (Å²) in [4.78, 5) is 23.1. The third-order valence-electron chi connectivity index (χ3n) is 5.26. The number of fused-ring (bicyclic) bond motifs is 3. The summed E-state index contributed by atoms with van der Waals surface area (Å²) in [5.41, 5.74) is 3.99. The molecule has 0 saturated carbocycles. The first-order valence-electron chi connectivity index (χ1n) is 9.34. The van der Waals surface area contributed by atoms with Crippen LogP contribution < -0.4 is 0 Å². The molecule has 2 aliphatic heterocycles. The number of imidazole rings is 1. The van der Waals surface area contributed by atoms with Crippen molar-refractivity contribution in [1.82, 2.24) is 19.3 Å². The maximum atomic E-state index is 12.8. The molecule has 2 aromatic heterocycles. The summed E-state index contributed by atoms with van der Waals surface area (Å²) in [7, 11) is 0. The van der Waals surface area contributed by atoms with E-state index in [9.17, 15) is 4.79 Å². The Morgan fingerprint density at radius 1 is 1.21 bits per heavy atom. The number of nitrogens with zero attached hydrogens (tertiary/aromatic N) is 4. The summed E-state index contributed by atoms with van der Waals surface area (Å²) in [5, 5.41) is 0. The molecular formula is C21H20N4O3. The quantitative estimate of drug-likeness (QED) is 0.703. The molecule has 0 N–H and O–H groups in total. The summed E-state index contributed by atoms with van der Waals surface area (Å²) >= 11 is 0. The second kappa shape index (κ2) is 7.09. The first-order valence-corrected chi connectivity index (χ1v) is 9.34. The van der Waals surface area contributed by atoms with Gasteiger partial charge in [-0.25, -0.2) is 9.78 Å². The fraction of sp³-hybridized carbons (Fsp3) is 0.286. The maximum absolute atomic E-state index is 12.8. The minimum atomic E-state index is -0.292. The zero-order valence-corrected chi connectivity index (χ0v) is 15.3. The van der Waals surface area contributed by atoms with Crippen molar-refractivity contribution in [1.29, 1.82) is 0 Å². The van der Waals surface area contributed by atoms with Gasteiger partial charge in [0, 0.05) is 12.4 Å². The molecule has 28 heavy (non-hydrogen) atoms. The average Bonchev–Trinajstić information content (AvgIpc) is 3.16. The molecule has 2 unspecified atom stereocenters. The van der Waals surface area contributed by atoms with Crippen LogP contribution in [0.4, 0.5) is 4.79 Å². The van der Waals surface area contributed by atoms with Gasteiger partial charge in [-0.2, -0.15) is 0 Å². The predicted octanol–water partition coefficient (Wildman–Crippen LogP) is 2.92. The Hall–Kier alpha value is -3.19. The van der Waals surface area contributed by atoms with Crippen LogP contribution in [0, 0.1) is 0 Å². The van der Waals surface area contributed by atoms with Crippen molar-refractivity contribution < 1.29 is 14.3 Å². The van der Waals surface area contributed by atoms with E-state index < -0.39 is 0 Å². The van der Waals surface area contributed by atoms with Gasteiger partial charge in [0.25, 0.3) is 0 Å². The highest BCUT2D eigenvalue weighted by molar-refractivity contribution is 5.74. The summed E-state index contributed by atoms with van der Waals surface area (Å²) < 4.78 is 13.3. The number of aromatic nitrogens is 3. The number of hydrogen-bond donors (Lipinski definition) is 0. The molecule has 1 aromatic carbocycles. The predicted molar refractivity (Wildman–Crippen MR) is 102 cm³/mol. The van der Waals surface area contributed by atoms with Crippen molar-refractivity contribution in [3.63, 3.8) is 0 Å². The average molecular weight is 376 g/mol. The van der Waals surface area contributed by atoms with E-state index in [1.165, 1.54) is 5.57 Å². The Kier molecular flexibility index (Phi) is 4.29. The van der Waals surface area contributed by atoms with E-state index in [1.54, 1.807) is 12.4 Å². The molecule has 2 aliphatic rings. The van der Waals surface area contributed by atoms with Gasteiger partial charge in [0.1, 0.15) is 6.61 Å². The van der Waals surface area contributed by atoms with Crippen LogP contribution >= 0.6 is 0 Å². The fourth-order valence-corrected chi connectivity index (χ4v) is 3.94. The van der Waals surface area contributed by atoms with Crippen LogP contribution in [0.1, 0.15) is 17.7 Å². The van der Waals surface area contributed by atoms with Crippen molar-refractivity contribution in [3.05, 3.63) is 72.5 Å². The molecule has 4 heterocycles. The smallest absolute Gasteiger partial charge is 0.411 e. The van der Waals surface area contributed by atoms with Crippen LogP contribution in [0.2, 0.25) is 0 Å². The summed E-state index contributed by atoms with van der Waals surface area (Å²) in [6.45, 7) is 1.25. The van der Waals surface area contributed by atoms with Crippen molar-refractivity contribution in [2.24, 2.45) is 0 Å². The maximum Gasteiger partial charge on any atom is 0.411 e. The molecule has 1 saturated heterocycles. The molecule has 5 rings (SSSR count). The van der Waals surface area contributed by atoms with Gasteiger partial charge in [0.2, 0.25) is 0 Å². The van der Waals surface area contributed by atoms with Crippen LogP contribution in [0.25, 0.3) is 11.2 Å². The number of hydrogen-bond acceptors (Lipinski definition) is 5. The van der Waals surface area contributed by atoms with Gasteiger partial charge in [-0.1, -0.05) is 36.4 Å². The van der Waals surface area contributed by atoms with E-state index in [2.05, 4.69) is 16.0 Å². The van der Waals surface area contributed by atoms with E-state index in [-0.39, 0.29) is 24.8 Å². The van der Waals surface area contributed by atoms with Crippen LogP contribution in [0.5, 0.6) is 0 Å². The van der Waals surface area contributed by atoms with Gasteiger partial charge in [-0.05, 0) is 17.6 Å². The molecule has 2 bridgehead atoms. The van der Waals surface area contributed by atoms with Crippen LogP contribution in [0.15, 0.2) is 61.2 Å². The van der Waals surface area contributed by atoms with E-state index in [4.69, 9.17) is 9.47 Å². The number of amides is 1. The van der Waals surface area contributed by atoms with Gasteiger partial charge in [-0.15, -0.1) is 0 Å². The van der Waals surface area contributed by atoms with E-state index >= 15 is 0 Å². The van der Waals surface area contributed by atoms with Crippen molar-refractivity contribution in [2.75, 3.05) is 13.2 Å².